The van der Waals surface area contributed by atoms with Crippen molar-refractivity contribution in [3.8, 4) is 0 Å². The molecular formula is C25H25N3O. The van der Waals surface area contributed by atoms with E-state index < -0.39 is 0 Å². The van der Waals surface area contributed by atoms with Crippen LogP contribution in [0.5, 0.6) is 0 Å². The van der Waals surface area contributed by atoms with Crippen molar-refractivity contribution < 1.29 is 4.79 Å². The molecule has 2 aromatic carbocycles. The Labute approximate surface area is 171 Å². The summed E-state index contributed by atoms with van der Waals surface area (Å²) in [5.74, 6) is 1.34. The molecular weight excluding hydrogens is 358 g/mol. The molecule has 0 radical (unpaired) electrons. The molecule has 3 atom stereocenters. The first-order chi connectivity index (χ1) is 14.2. The third-order valence-corrected chi connectivity index (χ3v) is 6.84. The zero-order valence-corrected chi connectivity index (χ0v) is 16.6. The number of fused-ring (bicyclic) bond motifs is 3. The van der Waals surface area contributed by atoms with Gasteiger partial charge in [-0.15, -0.1) is 0 Å². The minimum Gasteiger partial charge on any atom is -0.324 e. The second kappa shape index (κ2) is 7.11. The molecule has 1 fully saturated rings. The van der Waals surface area contributed by atoms with Gasteiger partial charge < -0.3 is 5.32 Å². The van der Waals surface area contributed by atoms with Crippen LogP contribution in [0.15, 0.2) is 66.9 Å². The van der Waals surface area contributed by atoms with Gasteiger partial charge in [0.2, 0.25) is 5.95 Å². The van der Waals surface area contributed by atoms with E-state index >= 15 is 0 Å². The van der Waals surface area contributed by atoms with Gasteiger partial charge in [0.1, 0.15) is 5.78 Å². The van der Waals surface area contributed by atoms with Crippen LogP contribution in [-0.4, -0.2) is 15.8 Å². The first kappa shape index (κ1) is 18.0. The number of aromatic nitrogens is 2. The Morgan fingerprint density at radius 1 is 1.00 bits per heavy atom. The average molecular weight is 383 g/mol. The fourth-order valence-corrected chi connectivity index (χ4v) is 5.40. The minimum absolute atomic E-state index is 0.0533. The Morgan fingerprint density at radius 3 is 2.48 bits per heavy atom. The Balaban J connectivity index is 1.66. The molecule has 0 saturated heterocycles. The van der Waals surface area contributed by atoms with Crippen LogP contribution in [0.1, 0.15) is 43.0 Å². The highest BCUT2D eigenvalue weighted by Gasteiger charge is 2.53. The van der Waals surface area contributed by atoms with Gasteiger partial charge in [0, 0.05) is 29.6 Å². The van der Waals surface area contributed by atoms with Crippen LogP contribution in [0.3, 0.4) is 0 Å². The number of Topliss-reactive ketones (excluding diaryl/α,β-unsaturated/α-hetero) is 1. The number of hydrogen-bond donors (Lipinski definition) is 1. The lowest BCUT2D eigenvalue weighted by Gasteiger charge is -2.50. The molecule has 0 aliphatic heterocycles. The summed E-state index contributed by atoms with van der Waals surface area (Å²) in [5.41, 5.74) is 4.34. The fraction of sp³-hybridized carbons (Fsp3) is 0.320. The normalized spacial score (nSPS) is 25.8. The summed E-state index contributed by atoms with van der Waals surface area (Å²) in [7, 11) is 0. The van der Waals surface area contributed by atoms with Gasteiger partial charge in [0.05, 0.1) is 5.69 Å². The molecule has 5 rings (SSSR count). The summed E-state index contributed by atoms with van der Waals surface area (Å²) in [6.07, 6.45) is 5.34. The number of rotatable bonds is 3. The van der Waals surface area contributed by atoms with Gasteiger partial charge in [-0.05, 0) is 48.4 Å². The van der Waals surface area contributed by atoms with E-state index in [0.29, 0.717) is 18.2 Å². The van der Waals surface area contributed by atoms with E-state index in [0.717, 1.165) is 30.6 Å². The molecule has 2 aliphatic carbocycles. The zero-order chi connectivity index (χ0) is 19.8. The maximum Gasteiger partial charge on any atom is 0.227 e. The molecule has 2 aliphatic rings. The Kier molecular flexibility index (Phi) is 4.42. The third-order valence-electron chi connectivity index (χ3n) is 6.84. The molecule has 0 amide bonds. The highest BCUT2D eigenvalue weighted by Crippen LogP contribution is 2.54. The van der Waals surface area contributed by atoms with Crippen molar-refractivity contribution in [1.82, 2.24) is 9.97 Å². The van der Waals surface area contributed by atoms with E-state index in [1.807, 2.05) is 36.5 Å². The monoisotopic (exact) mass is 383 g/mol. The van der Waals surface area contributed by atoms with Crippen LogP contribution in [0, 0.1) is 11.8 Å². The second-order valence-electron chi connectivity index (χ2n) is 8.30. The van der Waals surface area contributed by atoms with Crippen molar-refractivity contribution in [2.24, 2.45) is 11.8 Å². The number of carbonyl (C=O) groups excluding carboxylic acids is 1. The maximum absolute atomic E-state index is 12.6. The highest BCUT2D eigenvalue weighted by molar-refractivity contribution is 5.83. The highest BCUT2D eigenvalue weighted by atomic mass is 16.1. The van der Waals surface area contributed by atoms with E-state index in [1.165, 1.54) is 11.1 Å². The predicted molar refractivity (Wildman–Crippen MR) is 114 cm³/mol. The summed E-state index contributed by atoms with van der Waals surface area (Å²) in [5, 5.41) is 3.35. The molecule has 29 heavy (non-hydrogen) atoms. The van der Waals surface area contributed by atoms with Gasteiger partial charge >= 0.3 is 0 Å². The van der Waals surface area contributed by atoms with E-state index in [-0.39, 0.29) is 17.3 Å². The standard InChI is InChI=1S/C25H25N3O/c1-17-21-13-12-18-16-26-24(27-20-10-6-3-7-11-20)28-23(18)25(21,15-14-22(17)29)19-8-4-2-5-9-19/h2-11,16-17,21H,12-15H2,1H3,(H,26,27,28). The smallest absolute Gasteiger partial charge is 0.227 e. The zero-order valence-electron chi connectivity index (χ0n) is 16.6. The van der Waals surface area contributed by atoms with Gasteiger partial charge in [-0.25, -0.2) is 9.97 Å². The lowest BCUT2D eigenvalue weighted by atomic mass is 9.53. The molecule has 1 aromatic heterocycles. The van der Waals surface area contributed by atoms with Crippen molar-refractivity contribution in [2.45, 2.75) is 38.0 Å². The van der Waals surface area contributed by atoms with Crippen LogP contribution in [0.25, 0.3) is 0 Å². The number of nitrogens with zero attached hydrogens (tertiary/aromatic N) is 2. The molecule has 4 heteroatoms. The Morgan fingerprint density at radius 2 is 1.72 bits per heavy atom. The molecule has 1 saturated carbocycles. The lowest BCUT2D eigenvalue weighted by molar-refractivity contribution is -0.128. The third kappa shape index (κ3) is 2.94. The molecule has 3 unspecified atom stereocenters. The number of carbonyl (C=O) groups is 1. The van der Waals surface area contributed by atoms with E-state index in [9.17, 15) is 4.79 Å². The van der Waals surface area contributed by atoms with E-state index in [1.54, 1.807) is 0 Å². The van der Waals surface area contributed by atoms with Gasteiger partial charge in [0.25, 0.3) is 0 Å². The minimum atomic E-state index is -0.224. The number of nitrogens with one attached hydrogen (secondary N) is 1. The summed E-state index contributed by atoms with van der Waals surface area (Å²) in [4.78, 5) is 22.3. The Bertz CT molecular complexity index is 1030. The van der Waals surface area contributed by atoms with E-state index in [2.05, 4.69) is 47.6 Å². The van der Waals surface area contributed by atoms with Gasteiger partial charge in [0.15, 0.2) is 0 Å². The Hall–Kier alpha value is -3.01. The molecule has 146 valence electrons. The first-order valence-corrected chi connectivity index (χ1v) is 10.5. The molecule has 0 spiro atoms. The van der Waals surface area contributed by atoms with Crippen molar-refractivity contribution in [1.29, 1.82) is 0 Å². The lowest BCUT2D eigenvalue weighted by Crippen LogP contribution is -2.50. The van der Waals surface area contributed by atoms with Gasteiger partial charge in [-0.3, -0.25) is 4.79 Å². The maximum atomic E-state index is 12.6. The number of benzene rings is 2. The molecule has 1 N–H and O–H groups in total. The first-order valence-electron chi connectivity index (χ1n) is 10.5. The SMILES string of the molecule is CC1C(=O)CCC2(c3ccccc3)c3nc(Nc4ccccc4)ncc3CCC12. The van der Waals surface area contributed by atoms with Gasteiger partial charge in [-0.1, -0.05) is 55.5 Å². The fourth-order valence-electron chi connectivity index (χ4n) is 5.40. The molecule has 3 aromatic rings. The number of aryl methyl sites for hydroxylation is 1. The summed E-state index contributed by atoms with van der Waals surface area (Å²) >= 11 is 0. The van der Waals surface area contributed by atoms with Crippen LogP contribution in [-0.2, 0) is 16.6 Å². The van der Waals surface area contributed by atoms with Crippen LogP contribution in [0.4, 0.5) is 11.6 Å². The van der Waals surface area contributed by atoms with Gasteiger partial charge in [-0.2, -0.15) is 0 Å². The van der Waals surface area contributed by atoms with Crippen molar-refractivity contribution in [3.63, 3.8) is 0 Å². The topological polar surface area (TPSA) is 54.9 Å². The van der Waals surface area contributed by atoms with Crippen LogP contribution in [0.2, 0.25) is 0 Å². The van der Waals surface area contributed by atoms with Crippen LogP contribution < -0.4 is 5.32 Å². The quantitative estimate of drug-likeness (QED) is 0.686. The molecule has 0 bridgehead atoms. The molecule has 1 heterocycles. The number of ketones is 1. The van der Waals surface area contributed by atoms with Crippen molar-refractivity contribution in [3.05, 3.63) is 83.7 Å². The summed E-state index contributed by atoms with van der Waals surface area (Å²) in [6.45, 7) is 2.11. The molecule has 4 nitrogen and oxygen atoms in total. The number of anilines is 2. The summed E-state index contributed by atoms with van der Waals surface area (Å²) < 4.78 is 0. The van der Waals surface area contributed by atoms with Crippen molar-refractivity contribution in [2.75, 3.05) is 5.32 Å². The summed E-state index contributed by atoms with van der Waals surface area (Å²) in [6, 6.07) is 20.7. The number of hydrogen-bond acceptors (Lipinski definition) is 4. The average Bonchev–Trinajstić information content (AvgIpc) is 2.77. The predicted octanol–water partition coefficient (Wildman–Crippen LogP) is 5.07. The number of para-hydroxylation sites is 1. The van der Waals surface area contributed by atoms with Crippen LogP contribution >= 0.6 is 0 Å². The van der Waals surface area contributed by atoms with Crippen molar-refractivity contribution >= 4 is 17.4 Å². The largest absolute Gasteiger partial charge is 0.324 e. The van der Waals surface area contributed by atoms with E-state index in [4.69, 9.17) is 4.98 Å². The second-order valence-corrected chi connectivity index (χ2v) is 8.30.